The molecule has 4 aromatic heterocycles. The highest BCUT2D eigenvalue weighted by molar-refractivity contribution is 7.10. The Bertz CT molecular complexity index is 2430. The first-order valence-electron chi connectivity index (χ1n) is 21.2. The van der Waals surface area contributed by atoms with Crippen LogP contribution in [0.15, 0.2) is 84.6 Å². The van der Waals surface area contributed by atoms with Crippen molar-refractivity contribution in [1.82, 2.24) is 39.3 Å². The predicted molar refractivity (Wildman–Crippen MR) is 239 cm³/mol. The van der Waals surface area contributed by atoms with Gasteiger partial charge in [0.25, 0.3) is 0 Å². The minimum atomic E-state index is -4.69. The van der Waals surface area contributed by atoms with Crippen LogP contribution in [0.3, 0.4) is 0 Å². The van der Waals surface area contributed by atoms with Gasteiger partial charge in [-0.25, -0.2) is 9.97 Å². The van der Waals surface area contributed by atoms with E-state index in [1.165, 1.54) is 23.2 Å². The zero-order chi connectivity index (χ0) is 45.3. The highest BCUT2D eigenvalue weighted by atomic mass is 32.1. The number of benzene rings is 2. The van der Waals surface area contributed by atoms with Gasteiger partial charge in [-0.3, -0.25) is 24.0 Å². The molecule has 2 saturated heterocycles. The van der Waals surface area contributed by atoms with Gasteiger partial charge in [-0.05, 0) is 89.0 Å². The average Bonchev–Trinajstić information content (AvgIpc) is 4.12. The van der Waals surface area contributed by atoms with Gasteiger partial charge in [0, 0.05) is 45.1 Å². The molecule has 2 atom stereocenters. The molecular formula is C47H48F6N8OS2. The summed E-state index contributed by atoms with van der Waals surface area (Å²) in [6.07, 6.45) is -3.24. The number of aromatic nitrogens is 6. The van der Waals surface area contributed by atoms with Gasteiger partial charge in [-0.2, -0.15) is 36.5 Å². The van der Waals surface area contributed by atoms with E-state index in [9.17, 15) is 26.3 Å². The van der Waals surface area contributed by atoms with Gasteiger partial charge in [0.05, 0.1) is 46.6 Å². The van der Waals surface area contributed by atoms with Crippen LogP contribution in [0.25, 0.3) is 34.7 Å². The first kappa shape index (κ1) is 45.3. The van der Waals surface area contributed by atoms with Crippen molar-refractivity contribution in [3.8, 4) is 22.5 Å². The summed E-state index contributed by atoms with van der Waals surface area (Å²) >= 11 is 3.14. The zero-order valence-electron chi connectivity index (χ0n) is 35.4. The molecule has 6 heterocycles. The fourth-order valence-electron chi connectivity index (χ4n) is 8.92. The molecular weight excluding hydrogens is 871 g/mol. The van der Waals surface area contributed by atoms with Crippen molar-refractivity contribution < 1.29 is 31.1 Å². The third-order valence-electron chi connectivity index (χ3n) is 12.5. The second-order valence-corrected chi connectivity index (χ2v) is 18.3. The van der Waals surface area contributed by atoms with Crippen molar-refractivity contribution in [2.45, 2.75) is 88.9 Å². The number of thiazole rings is 2. The molecule has 0 bridgehead atoms. The first-order valence-corrected chi connectivity index (χ1v) is 23.0. The van der Waals surface area contributed by atoms with Crippen LogP contribution in [0, 0.1) is 13.8 Å². The Morgan fingerprint density at radius 3 is 1.39 bits per heavy atom. The molecule has 9 nitrogen and oxygen atoms in total. The summed E-state index contributed by atoms with van der Waals surface area (Å²) in [4.78, 5) is 29.4. The van der Waals surface area contributed by atoms with Crippen LogP contribution in [0.2, 0.25) is 0 Å². The highest BCUT2D eigenvalue weighted by Crippen LogP contribution is 2.38. The topological polar surface area (TPSA) is 85.0 Å². The number of ketones is 1. The lowest BCUT2D eigenvalue weighted by Gasteiger charge is -2.41. The zero-order valence-corrected chi connectivity index (χ0v) is 37.1. The molecule has 0 saturated carbocycles. The van der Waals surface area contributed by atoms with Crippen LogP contribution in [-0.4, -0.2) is 83.4 Å². The fourth-order valence-corrected chi connectivity index (χ4v) is 10.9. The summed E-state index contributed by atoms with van der Waals surface area (Å²) in [5, 5.41) is 13.8. The molecule has 0 spiro atoms. The number of aryl methyl sites for hydroxylation is 2. The van der Waals surface area contributed by atoms with E-state index >= 15 is 4.79 Å². The summed E-state index contributed by atoms with van der Waals surface area (Å²) in [5.41, 5.74) is 3.96. The van der Waals surface area contributed by atoms with Crippen molar-refractivity contribution in [3.05, 3.63) is 128 Å². The lowest BCUT2D eigenvalue weighted by molar-refractivity contribution is -0.142. The van der Waals surface area contributed by atoms with Gasteiger partial charge >= 0.3 is 12.4 Å². The molecule has 2 aliphatic heterocycles. The van der Waals surface area contributed by atoms with E-state index in [1.54, 1.807) is 34.8 Å². The molecule has 17 heteroatoms. The van der Waals surface area contributed by atoms with E-state index in [4.69, 9.17) is 9.97 Å². The van der Waals surface area contributed by atoms with E-state index in [0.717, 1.165) is 55.8 Å². The predicted octanol–water partition coefficient (Wildman–Crippen LogP) is 11.0. The number of halogens is 6. The quantitative estimate of drug-likeness (QED) is 0.101. The first-order chi connectivity index (χ1) is 30.6. The van der Waals surface area contributed by atoms with Crippen molar-refractivity contribution in [2.24, 2.45) is 0 Å². The van der Waals surface area contributed by atoms with Crippen LogP contribution < -0.4 is 0 Å². The van der Waals surface area contributed by atoms with Gasteiger partial charge in [0.15, 0.2) is 17.2 Å². The summed E-state index contributed by atoms with van der Waals surface area (Å²) in [5.74, 6) is -0.133. The minimum absolute atomic E-state index is 0.0869. The summed E-state index contributed by atoms with van der Waals surface area (Å²) in [6, 6.07) is 15.8. The monoisotopic (exact) mass is 918 g/mol. The molecule has 0 N–H and O–H groups in total. The highest BCUT2D eigenvalue weighted by Gasteiger charge is 2.42. The normalized spacial score (nSPS) is 17.1. The molecule has 2 aliphatic rings. The van der Waals surface area contributed by atoms with E-state index in [-0.39, 0.29) is 42.1 Å². The van der Waals surface area contributed by atoms with Gasteiger partial charge in [0.2, 0.25) is 0 Å². The summed E-state index contributed by atoms with van der Waals surface area (Å²) in [7, 11) is 0. The second kappa shape index (κ2) is 18.7. The van der Waals surface area contributed by atoms with Gasteiger partial charge in [-0.1, -0.05) is 73.8 Å². The fraction of sp³-hybridized carbons (Fsp3) is 0.383. The molecule has 2 aromatic carbocycles. The molecule has 0 radical (unpaired) electrons. The van der Waals surface area contributed by atoms with Gasteiger partial charge in [0.1, 0.15) is 0 Å². The lowest BCUT2D eigenvalue weighted by atomic mass is 9.91. The molecule has 64 heavy (non-hydrogen) atoms. The number of piperidine rings is 2. The number of carbonyl (C=O) groups excluding carboxylic acids is 1. The minimum Gasteiger partial charge on any atom is -0.296 e. The van der Waals surface area contributed by atoms with Crippen LogP contribution in [0.5, 0.6) is 0 Å². The molecule has 6 aromatic rings. The third kappa shape index (κ3) is 9.72. The standard InChI is InChI=1S/C47H48F6N8OS2/c1-5-31-11-7-9-13-35(31)37-27-63-44(54-37)33-15-19-58(20-16-33)39(25-60-29(3)23-41(56-60)46(48,49)50)43(62)40(26-61-30(4)24-42(57-61)47(51,52)53)59-21-17-34(18-22-59)45-55-38(28-64-45)36-14-10-8-12-32(36)6-2/h5-14,23-24,27-28,33-34,39-40H,1-2,15-22,25-26H2,3-4H3. The van der Waals surface area contributed by atoms with Crippen molar-refractivity contribution in [2.75, 3.05) is 26.2 Å². The van der Waals surface area contributed by atoms with Gasteiger partial charge in [-0.15, -0.1) is 22.7 Å². The number of likely N-dealkylation sites (tertiary alicyclic amines) is 2. The van der Waals surface area contributed by atoms with Crippen molar-refractivity contribution in [1.29, 1.82) is 0 Å². The Kier molecular flexibility index (Phi) is 13.3. The van der Waals surface area contributed by atoms with Crippen molar-refractivity contribution >= 4 is 40.6 Å². The summed E-state index contributed by atoms with van der Waals surface area (Å²) in [6.45, 7) is 12.4. The molecule has 0 amide bonds. The largest absolute Gasteiger partial charge is 0.435 e. The molecule has 0 aliphatic carbocycles. The van der Waals surface area contributed by atoms with Crippen molar-refractivity contribution in [3.63, 3.8) is 0 Å². The maximum Gasteiger partial charge on any atom is 0.435 e. The van der Waals surface area contributed by atoms with E-state index in [1.807, 2.05) is 69.1 Å². The number of hydrogen-bond acceptors (Lipinski definition) is 9. The number of rotatable bonds is 14. The third-order valence-corrected chi connectivity index (χ3v) is 14.5. The average molecular weight is 919 g/mol. The maximum absolute atomic E-state index is 15.4. The Morgan fingerprint density at radius 1 is 0.672 bits per heavy atom. The molecule has 336 valence electrons. The molecule has 2 fully saturated rings. The van der Waals surface area contributed by atoms with Gasteiger partial charge < -0.3 is 0 Å². The van der Waals surface area contributed by atoms with E-state index in [2.05, 4.69) is 23.4 Å². The Hall–Kier alpha value is -5.23. The Labute approximate surface area is 375 Å². The van der Waals surface area contributed by atoms with E-state index in [0.29, 0.717) is 51.9 Å². The van der Waals surface area contributed by atoms with Crippen LogP contribution in [0.1, 0.15) is 81.4 Å². The number of Topliss-reactive ketones (excluding diaryl/α,β-unsaturated/α-hetero) is 1. The number of alkyl halides is 6. The lowest BCUT2D eigenvalue weighted by Crippen LogP contribution is -2.57. The smallest absolute Gasteiger partial charge is 0.296 e. The Morgan fingerprint density at radius 2 is 1.05 bits per heavy atom. The molecule has 8 rings (SSSR count). The second-order valence-electron chi connectivity index (χ2n) is 16.5. The molecule has 2 unspecified atom stereocenters. The van der Waals surface area contributed by atoms with Crippen LogP contribution in [0.4, 0.5) is 26.3 Å². The SMILES string of the molecule is C=Cc1ccccc1-c1csc(C2CCN(C(Cn3nc(C(F)(F)F)cc3C)C(=O)C(Cn3nc(C(F)(F)F)cc3C)N3CCC(c4nc(-c5ccccc5C=C)cs4)CC3)CC2)n1. The van der Waals surface area contributed by atoms with Crippen LogP contribution >= 0.6 is 22.7 Å². The van der Waals surface area contributed by atoms with Crippen LogP contribution in [-0.2, 0) is 30.2 Å². The maximum atomic E-state index is 15.4. The summed E-state index contributed by atoms with van der Waals surface area (Å²) < 4.78 is 86.1. The number of hydrogen-bond donors (Lipinski definition) is 0. The number of nitrogens with zero attached hydrogens (tertiary/aromatic N) is 8. The Balaban J connectivity index is 1.07. The number of carbonyl (C=O) groups is 1. The van der Waals surface area contributed by atoms with E-state index < -0.39 is 35.8 Å².